The van der Waals surface area contributed by atoms with Gasteiger partial charge in [-0.25, -0.2) is 28.8 Å². The summed E-state index contributed by atoms with van der Waals surface area (Å²) in [4.78, 5) is 103. The number of carboxylic acid groups (broad SMARTS) is 1. The fraction of sp³-hybridized carbons (Fsp3) is 0.633. The van der Waals surface area contributed by atoms with E-state index in [0.29, 0.717) is 43.8 Å². The van der Waals surface area contributed by atoms with Crippen molar-refractivity contribution in [3.8, 4) is 12.8 Å². The Bertz CT molecular complexity index is 1270. The summed E-state index contributed by atoms with van der Waals surface area (Å²) in [6.07, 6.45) is 4.49. The smallest absolute Gasteiger partial charge is 0.407 e. The van der Waals surface area contributed by atoms with Crippen LogP contribution in [-0.4, -0.2) is 139 Å². The number of amides is 8. The van der Waals surface area contributed by atoms with Crippen LogP contribution in [0.3, 0.4) is 0 Å². The van der Waals surface area contributed by atoms with Crippen molar-refractivity contribution in [2.45, 2.75) is 82.6 Å². The predicted octanol–water partition coefficient (Wildman–Crippen LogP) is -0.268. The van der Waals surface area contributed by atoms with E-state index < -0.39 is 72.3 Å². The molecule has 0 radical (unpaired) electrons. The first-order valence-corrected chi connectivity index (χ1v) is 15.7. The molecule has 2 heterocycles. The Morgan fingerprint density at radius 3 is 1.49 bits per heavy atom. The third kappa shape index (κ3) is 22.0. The maximum atomic E-state index is 11.5. The Labute approximate surface area is 306 Å². The van der Waals surface area contributed by atoms with Gasteiger partial charge in [0, 0.05) is 38.8 Å². The second-order valence-corrected chi connectivity index (χ2v) is 10.3. The molecule has 23 heteroatoms. The highest BCUT2D eigenvalue weighted by molar-refractivity contribution is 6.01. The molecule has 3 atom stereocenters. The number of hydroxylamine groups is 4. The first-order chi connectivity index (χ1) is 25.5. The van der Waals surface area contributed by atoms with E-state index in [1.54, 1.807) is 0 Å². The molecule has 300 valence electrons. The minimum atomic E-state index is -1.61. The quantitative estimate of drug-likeness (QED) is 0.0266. The number of carbonyl (C=O) groups is 9. The number of carbonyl (C=O) groups excluding carboxylic acids is 8. The first-order valence-electron chi connectivity index (χ1n) is 16.2. The van der Waals surface area contributed by atoms with Gasteiger partial charge >= 0.3 is 30.3 Å². The molecule has 0 bridgehead atoms. The maximum absolute atomic E-state index is 11.5. The van der Waals surface area contributed by atoms with Gasteiger partial charge in [-0.3, -0.25) is 24.4 Å². The molecule has 2 saturated heterocycles. The second kappa shape index (κ2) is 28.9. The average molecular weight is 766 g/mol. The topological polar surface area (TPSA) is 315 Å². The van der Waals surface area contributed by atoms with Crippen LogP contribution in [-0.2, 0) is 47.8 Å². The second-order valence-electron chi connectivity index (χ2n) is 10.3. The van der Waals surface area contributed by atoms with Crippen LogP contribution >= 0.6 is 0 Å². The summed E-state index contributed by atoms with van der Waals surface area (Å²) in [6, 6.07) is -1.90. The number of aliphatic hydroxyl groups excluding tert-OH is 1. The number of nitrogens with zero attached hydrogens (tertiary/aromatic N) is 2. The van der Waals surface area contributed by atoms with Crippen LogP contribution in [0.1, 0.15) is 65.6 Å². The van der Waals surface area contributed by atoms with Crippen molar-refractivity contribution in [3.05, 3.63) is 0 Å². The van der Waals surface area contributed by atoms with Crippen molar-refractivity contribution < 1.29 is 83.7 Å². The van der Waals surface area contributed by atoms with Gasteiger partial charge in [-0.1, -0.05) is 0 Å². The number of alkyl carbamates (subject to hydrolysis) is 4. The van der Waals surface area contributed by atoms with Crippen LogP contribution < -0.4 is 21.3 Å². The molecule has 0 aromatic carbocycles. The van der Waals surface area contributed by atoms with E-state index >= 15 is 0 Å². The van der Waals surface area contributed by atoms with Gasteiger partial charge in [0.05, 0.1) is 34.5 Å². The van der Waals surface area contributed by atoms with E-state index in [-0.39, 0.29) is 43.6 Å². The minimum absolute atomic E-state index is 0.0137. The van der Waals surface area contributed by atoms with Gasteiger partial charge in [0.25, 0.3) is 23.6 Å². The van der Waals surface area contributed by atoms with E-state index in [4.69, 9.17) is 16.5 Å². The van der Waals surface area contributed by atoms with E-state index in [2.05, 4.69) is 46.6 Å². The van der Waals surface area contributed by atoms with Crippen molar-refractivity contribution in [1.29, 1.82) is 0 Å². The molecule has 53 heavy (non-hydrogen) atoms. The van der Waals surface area contributed by atoms with Crippen LogP contribution in [0.2, 0.25) is 0 Å². The molecule has 0 aromatic heterocycles. The lowest BCUT2D eigenvalue weighted by atomic mass is 10.1. The van der Waals surface area contributed by atoms with Crippen LogP contribution in [0, 0.1) is 12.8 Å². The molecule has 0 spiro atoms. The van der Waals surface area contributed by atoms with E-state index in [0.717, 1.165) is 14.2 Å². The standard InChI is InChI=1S/C14H23N3O8.C10H18N2O6.C4H5NO3.C2H2/c1-23-13(21)15-8-4-3-5-9(16-14(22)24-2)12(20)25-17-10(18)6-7-11(17)19;1-17-9(15)11-6-4-3-5-7(8(13)14)12-10(16)18-2;6-3-1-2-4(7)5(3)8;1-2/h9,12,20H,3-8H2,1-2H3,(H,15,21)(H,16,22);7H,3-6H2,1-2H3,(H,11,15)(H,12,16)(H,13,14);8H,1-2H2;1-2H/i;;;1D. The number of hydrogen-bond donors (Lipinski definition) is 7. The molecule has 2 fully saturated rings. The summed E-state index contributed by atoms with van der Waals surface area (Å²) in [7, 11) is 4.83. The average Bonchev–Trinajstić information content (AvgIpc) is 3.63. The van der Waals surface area contributed by atoms with Crippen LogP contribution in [0.25, 0.3) is 0 Å². The Balaban J connectivity index is 0. The monoisotopic (exact) mass is 765 g/mol. The third-order valence-corrected chi connectivity index (χ3v) is 6.62. The number of nitrogens with one attached hydrogen (secondary N) is 4. The third-order valence-electron chi connectivity index (χ3n) is 6.62. The number of methoxy groups -OCH3 is 4. The number of aliphatic hydroxyl groups is 1. The van der Waals surface area contributed by atoms with Gasteiger partial charge in [-0.15, -0.1) is 12.8 Å². The van der Waals surface area contributed by atoms with Gasteiger partial charge in [0.2, 0.25) is 6.29 Å². The van der Waals surface area contributed by atoms with Crippen molar-refractivity contribution in [2.24, 2.45) is 0 Å². The molecule has 0 aromatic rings. The number of rotatable bonds is 16. The van der Waals surface area contributed by atoms with E-state index in [9.17, 15) is 48.3 Å². The molecule has 2 aliphatic heterocycles. The Kier molecular flexibility index (Phi) is 25.8. The van der Waals surface area contributed by atoms with Crippen molar-refractivity contribution in [1.82, 2.24) is 31.4 Å². The Hall–Kier alpha value is -5.73. The Morgan fingerprint density at radius 2 is 1.11 bits per heavy atom. The van der Waals surface area contributed by atoms with Crippen molar-refractivity contribution >= 4 is 54.0 Å². The highest BCUT2D eigenvalue weighted by atomic mass is 16.8. The van der Waals surface area contributed by atoms with Gasteiger partial charge in [0.15, 0.2) is 0 Å². The lowest BCUT2D eigenvalue weighted by molar-refractivity contribution is -0.251. The zero-order valence-corrected chi connectivity index (χ0v) is 29.7. The predicted molar refractivity (Wildman–Crippen MR) is 176 cm³/mol. The fourth-order valence-corrected chi connectivity index (χ4v) is 3.86. The largest absolute Gasteiger partial charge is 0.480 e. The molecule has 7 N–H and O–H groups in total. The summed E-state index contributed by atoms with van der Waals surface area (Å²) in [5.41, 5.74) is 0. The fourth-order valence-electron chi connectivity index (χ4n) is 3.86. The highest BCUT2D eigenvalue weighted by Gasteiger charge is 2.35. The lowest BCUT2D eigenvalue weighted by Crippen LogP contribution is -2.48. The Morgan fingerprint density at radius 1 is 0.717 bits per heavy atom. The summed E-state index contributed by atoms with van der Waals surface area (Å²) in [5.74, 6) is -3.24. The van der Waals surface area contributed by atoms with E-state index in [1.807, 2.05) is 0 Å². The summed E-state index contributed by atoms with van der Waals surface area (Å²) in [6.45, 7) is 0.731. The molecule has 23 nitrogen and oxygen atoms in total. The molecular weight excluding hydrogens is 716 g/mol. The number of imide groups is 2. The zero-order chi connectivity index (χ0) is 41.6. The summed E-state index contributed by atoms with van der Waals surface area (Å²) < 4.78 is 23.3. The summed E-state index contributed by atoms with van der Waals surface area (Å²) in [5, 5.41) is 37.6. The number of terminal acetylenes is 1. The summed E-state index contributed by atoms with van der Waals surface area (Å²) >= 11 is 0. The molecule has 2 aliphatic rings. The SMILES string of the molecule is COC(=O)NCCCCC(NC(=O)OC)C(=O)O.COC(=O)NCCCCC(NC(=O)OC)C(O)ON1C(=O)CCC1=O.O=C1CCC(=O)N1O.[2H]C#C. The van der Waals surface area contributed by atoms with Crippen molar-refractivity contribution in [3.63, 3.8) is 0 Å². The molecule has 8 amide bonds. The van der Waals surface area contributed by atoms with Crippen molar-refractivity contribution in [2.75, 3.05) is 41.5 Å². The maximum Gasteiger partial charge on any atom is 0.407 e. The number of ether oxygens (including phenoxy) is 4. The van der Waals surface area contributed by atoms with E-state index in [1.165, 1.54) is 20.6 Å². The van der Waals surface area contributed by atoms with Crippen LogP contribution in [0.5, 0.6) is 0 Å². The van der Waals surface area contributed by atoms with Gasteiger partial charge < -0.3 is 50.4 Å². The van der Waals surface area contributed by atoms with Crippen LogP contribution in [0.15, 0.2) is 0 Å². The normalized spacial score (nSPS) is 14.8. The number of hydrogen-bond acceptors (Lipinski definition) is 16. The number of unbranched alkanes of at least 4 members (excludes halogenated alkanes) is 2. The minimum Gasteiger partial charge on any atom is -0.480 e. The molecule has 0 aliphatic carbocycles. The van der Waals surface area contributed by atoms with Gasteiger partial charge in [0.1, 0.15) is 7.41 Å². The number of aliphatic carboxylic acids is 1. The molecule has 2 rings (SSSR count). The zero-order valence-electron chi connectivity index (χ0n) is 30.7. The molecular formula is C30H48N6O17. The molecule has 0 saturated carbocycles. The first kappa shape index (κ1) is 47.3. The van der Waals surface area contributed by atoms with Crippen LogP contribution in [0.4, 0.5) is 19.2 Å². The highest BCUT2D eigenvalue weighted by Crippen LogP contribution is 2.16. The lowest BCUT2D eigenvalue weighted by Gasteiger charge is -2.26. The van der Waals surface area contributed by atoms with Gasteiger partial charge in [-0.2, -0.15) is 10.1 Å². The number of carboxylic acids is 1. The molecule has 3 unspecified atom stereocenters. The van der Waals surface area contributed by atoms with Gasteiger partial charge in [-0.05, 0) is 38.5 Å².